The summed E-state index contributed by atoms with van der Waals surface area (Å²) in [6, 6.07) is 20.5. The van der Waals surface area contributed by atoms with Gasteiger partial charge in [-0.2, -0.15) is 0 Å². The minimum absolute atomic E-state index is 0.0312. The fraction of sp³-hybridized carbons (Fsp3) is 0.333. The molecule has 0 aliphatic carbocycles. The zero-order valence-electron chi connectivity index (χ0n) is 23.2. The summed E-state index contributed by atoms with van der Waals surface area (Å²) in [4.78, 5) is 28.9. The van der Waals surface area contributed by atoms with Crippen molar-refractivity contribution in [3.05, 3.63) is 89.4 Å². The van der Waals surface area contributed by atoms with Gasteiger partial charge in [0.1, 0.15) is 18.3 Å². The number of nitrogens with zero attached hydrogens (tertiary/aromatic N) is 2. The first-order valence-electron chi connectivity index (χ1n) is 13.2. The lowest BCUT2D eigenvalue weighted by atomic mass is 10.1. The minimum Gasteiger partial charge on any atom is -0.497 e. The Kier molecular flexibility index (Phi) is 11.0. The molecule has 0 aliphatic heterocycles. The van der Waals surface area contributed by atoms with Gasteiger partial charge in [0, 0.05) is 17.6 Å². The van der Waals surface area contributed by atoms with Gasteiger partial charge in [-0.25, -0.2) is 8.42 Å². The van der Waals surface area contributed by atoms with Gasteiger partial charge in [0.2, 0.25) is 11.8 Å². The summed E-state index contributed by atoms with van der Waals surface area (Å²) in [5, 5.41) is 3.29. The van der Waals surface area contributed by atoms with Gasteiger partial charge in [-0.3, -0.25) is 13.9 Å². The average Bonchev–Trinajstić information content (AvgIpc) is 2.96. The molecule has 0 unspecified atom stereocenters. The van der Waals surface area contributed by atoms with Gasteiger partial charge in [0.15, 0.2) is 0 Å². The van der Waals surface area contributed by atoms with Gasteiger partial charge in [-0.1, -0.05) is 61.8 Å². The molecule has 0 radical (unpaired) electrons. The Bertz CT molecular complexity index is 1400. The molecule has 2 atom stereocenters. The van der Waals surface area contributed by atoms with Gasteiger partial charge >= 0.3 is 0 Å². The van der Waals surface area contributed by atoms with E-state index in [1.54, 1.807) is 61.7 Å². The molecule has 214 valence electrons. The highest BCUT2D eigenvalue weighted by Crippen LogP contribution is 2.27. The third-order valence-electron chi connectivity index (χ3n) is 6.58. The second-order valence-electron chi connectivity index (χ2n) is 9.42. The average molecular weight is 586 g/mol. The zero-order chi connectivity index (χ0) is 29.3. The summed E-state index contributed by atoms with van der Waals surface area (Å²) in [6.45, 7) is 5.22. The lowest BCUT2D eigenvalue weighted by Gasteiger charge is -2.33. The molecule has 0 saturated carbocycles. The molecule has 0 aliphatic rings. The van der Waals surface area contributed by atoms with Crippen LogP contribution in [-0.4, -0.2) is 50.9 Å². The highest BCUT2D eigenvalue weighted by molar-refractivity contribution is 7.92. The molecule has 0 bridgehead atoms. The van der Waals surface area contributed by atoms with Crippen LogP contribution >= 0.6 is 11.6 Å². The minimum atomic E-state index is -4.15. The van der Waals surface area contributed by atoms with E-state index in [4.69, 9.17) is 16.3 Å². The van der Waals surface area contributed by atoms with Crippen molar-refractivity contribution in [1.82, 2.24) is 10.2 Å². The van der Waals surface area contributed by atoms with Crippen molar-refractivity contribution in [2.75, 3.05) is 18.0 Å². The summed E-state index contributed by atoms with van der Waals surface area (Å²) in [5.74, 6) is -0.226. The number of carbonyl (C=O) groups is 2. The summed E-state index contributed by atoms with van der Waals surface area (Å²) < 4.78 is 34.0. The number of nitrogens with one attached hydrogen (secondary N) is 1. The van der Waals surface area contributed by atoms with Crippen molar-refractivity contribution in [2.24, 2.45) is 0 Å². The van der Waals surface area contributed by atoms with Crippen LogP contribution in [0.1, 0.15) is 39.2 Å². The molecule has 10 heteroatoms. The molecule has 0 saturated heterocycles. The maximum Gasteiger partial charge on any atom is 0.264 e. The number of methoxy groups -OCH3 is 1. The number of benzene rings is 3. The van der Waals surface area contributed by atoms with Gasteiger partial charge in [-0.15, -0.1) is 0 Å². The Morgan fingerprint density at radius 3 is 2.27 bits per heavy atom. The largest absolute Gasteiger partial charge is 0.497 e. The summed E-state index contributed by atoms with van der Waals surface area (Å²) >= 11 is 6.21. The van der Waals surface area contributed by atoms with Crippen LogP contribution in [0.2, 0.25) is 5.02 Å². The maximum atomic E-state index is 14.1. The van der Waals surface area contributed by atoms with Crippen LogP contribution in [0.4, 0.5) is 5.69 Å². The molecule has 0 fully saturated rings. The molecule has 0 spiro atoms. The van der Waals surface area contributed by atoms with Crippen LogP contribution in [0.3, 0.4) is 0 Å². The standard InChI is InChI=1S/C30H36ClN3O5S/c1-5-22(3)32-30(36)28(6-2)33(20-23-12-10-15-26(18-23)39-4)29(35)21-34(25-14-11-13-24(31)19-25)40(37,38)27-16-8-7-9-17-27/h7-19,22,28H,5-6,20-21H2,1-4H3,(H,32,36)/t22-,28-/m1/s1. The number of ether oxygens (including phenoxy) is 1. The molecule has 40 heavy (non-hydrogen) atoms. The number of anilines is 1. The topological polar surface area (TPSA) is 96.0 Å². The smallest absolute Gasteiger partial charge is 0.264 e. The van der Waals surface area contributed by atoms with Crippen molar-refractivity contribution in [2.45, 2.75) is 57.1 Å². The third kappa shape index (κ3) is 7.76. The maximum absolute atomic E-state index is 14.1. The predicted octanol–water partition coefficient (Wildman–Crippen LogP) is 5.27. The van der Waals surface area contributed by atoms with Crippen LogP contribution in [0, 0.1) is 0 Å². The van der Waals surface area contributed by atoms with Gasteiger partial charge < -0.3 is 15.0 Å². The van der Waals surface area contributed by atoms with Crippen molar-refractivity contribution in [1.29, 1.82) is 0 Å². The Balaban J connectivity index is 2.06. The molecule has 0 heterocycles. The fourth-order valence-corrected chi connectivity index (χ4v) is 5.82. The predicted molar refractivity (Wildman–Crippen MR) is 158 cm³/mol. The number of hydrogen-bond donors (Lipinski definition) is 1. The zero-order valence-corrected chi connectivity index (χ0v) is 24.8. The third-order valence-corrected chi connectivity index (χ3v) is 8.60. The fourth-order valence-electron chi connectivity index (χ4n) is 4.21. The van der Waals surface area contributed by atoms with Crippen molar-refractivity contribution in [3.8, 4) is 5.75 Å². The van der Waals surface area contributed by atoms with Crippen LogP contribution in [0.15, 0.2) is 83.8 Å². The number of carbonyl (C=O) groups excluding carboxylic acids is 2. The number of hydrogen-bond acceptors (Lipinski definition) is 5. The molecule has 3 aromatic carbocycles. The number of halogens is 1. The second kappa shape index (κ2) is 14.2. The summed E-state index contributed by atoms with van der Waals surface area (Å²) in [6.07, 6.45) is 1.06. The Hall–Kier alpha value is -3.56. The first-order chi connectivity index (χ1) is 19.1. The van der Waals surface area contributed by atoms with Crippen LogP contribution in [0.5, 0.6) is 5.75 Å². The van der Waals surface area contributed by atoms with E-state index >= 15 is 0 Å². The molecule has 1 N–H and O–H groups in total. The summed E-state index contributed by atoms with van der Waals surface area (Å²) in [7, 11) is -2.60. The number of rotatable bonds is 13. The highest BCUT2D eigenvalue weighted by atomic mass is 35.5. The van der Waals surface area contributed by atoms with Crippen molar-refractivity contribution < 1.29 is 22.7 Å². The van der Waals surface area contributed by atoms with E-state index in [1.165, 1.54) is 23.1 Å². The molecule has 0 aromatic heterocycles. The normalized spacial score (nSPS) is 12.7. The molecule has 2 amide bonds. The lowest BCUT2D eigenvalue weighted by Crippen LogP contribution is -2.53. The molecular formula is C30H36ClN3O5S. The van der Waals surface area contributed by atoms with Crippen LogP contribution in [0.25, 0.3) is 0 Å². The number of sulfonamides is 1. The lowest BCUT2D eigenvalue weighted by molar-refractivity contribution is -0.140. The van der Waals surface area contributed by atoms with Gasteiger partial charge in [0.25, 0.3) is 10.0 Å². The monoisotopic (exact) mass is 585 g/mol. The van der Waals surface area contributed by atoms with Crippen molar-refractivity contribution in [3.63, 3.8) is 0 Å². The molecular weight excluding hydrogens is 550 g/mol. The van der Waals surface area contributed by atoms with E-state index in [9.17, 15) is 18.0 Å². The van der Waals surface area contributed by atoms with Crippen LogP contribution < -0.4 is 14.4 Å². The second-order valence-corrected chi connectivity index (χ2v) is 11.7. The van der Waals surface area contributed by atoms with Crippen molar-refractivity contribution >= 4 is 39.1 Å². The molecule has 3 rings (SSSR count). The Morgan fingerprint density at radius 1 is 0.950 bits per heavy atom. The Morgan fingerprint density at radius 2 is 1.65 bits per heavy atom. The quantitative estimate of drug-likeness (QED) is 0.295. The van der Waals surface area contributed by atoms with Gasteiger partial charge in [-0.05, 0) is 67.8 Å². The first kappa shape index (κ1) is 31.0. The Labute approximate surface area is 241 Å². The van der Waals surface area contributed by atoms with E-state index < -0.39 is 28.5 Å². The molecule has 3 aromatic rings. The number of amides is 2. The first-order valence-corrected chi connectivity index (χ1v) is 15.0. The van der Waals surface area contributed by atoms with E-state index in [2.05, 4.69) is 5.32 Å². The van der Waals surface area contributed by atoms with E-state index in [0.717, 1.165) is 16.3 Å². The highest BCUT2D eigenvalue weighted by Gasteiger charge is 2.34. The van der Waals surface area contributed by atoms with Crippen LogP contribution in [-0.2, 0) is 26.2 Å². The van der Waals surface area contributed by atoms with E-state index in [1.807, 2.05) is 26.8 Å². The molecule has 8 nitrogen and oxygen atoms in total. The van der Waals surface area contributed by atoms with E-state index in [0.29, 0.717) is 17.2 Å². The van der Waals surface area contributed by atoms with Gasteiger partial charge in [0.05, 0.1) is 17.7 Å². The van der Waals surface area contributed by atoms with E-state index in [-0.39, 0.29) is 29.1 Å². The summed E-state index contributed by atoms with van der Waals surface area (Å²) in [5.41, 5.74) is 0.978. The SMILES string of the molecule is CC[C@@H](C)NC(=O)[C@@H](CC)N(Cc1cccc(OC)c1)C(=O)CN(c1cccc(Cl)c1)S(=O)(=O)c1ccccc1.